The van der Waals surface area contributed by atoms with E-state index in [-0.39, 0.29) is 5.91 Å². The Morgan fingerprint density at radius 2 is 2.14 bits per heavy atom. The van der Waals surface area contributed by atoms with Gasteiger partial charge in [-0.1, -0.05) is 18.8 Å². The molecule has 1 amide bonds. The van der Waals surface area contributed by atoms with E-state index < -0.39 is 0 Å². The predicted octanol–water partition coefficient (Wildman–Crippen LogP) is 2.40. The standard InChI is InChI=1S/C17H22N2OS/c1-2-21-16-10-9-15(12-16)19-17(20)14-7-5-13(6-8-14)4-3-11-18/h5-8,15-16H,2,9-12,18H2,1H3,(H,19,20). The van der Waals surface area contributed by atoms with Crippen LogP contribution in [0.2, 0.25) is 0 Å². The minimum absolute atomic E-state index is 0.0143. The van der Waals surface area contributed by atoms with Gasteiger partial charge >= 0.3 is 0 Å². The van der Waals surface area contributed by atoms with Crippen LogP contribution in [0.4, 0.5) is 0 Å². The zero-order chi connectivity index (χ0) is 15.1. The molecule has 2 atom stereocenters. The summed E-state index contributed by atoms with van der Waals surface area (Å²) in [6.07, 6.45) is 3.38. The normalized spacial score (nSPS) is 20.7. The maximum Gasteiger partial charge on any atom is 0.251 e. The molecule has 2 rings (SSSR count). The van der Waals surface area contributed by atoms with E-state index in [0.717, 1.165) is 24.2 Å². The van der Waals surface area contributed by atoms with E-state index >= 15 is 0 Å². The Morgan fingerprint density at radius 3 is 2.81 bits per heavy atom. The summed E-state index contributed by atoms with van der Waals surface area (Å²) in [7, 11) is 0. The Hall–Kier alpha value is -1.44. The molecule has 21 heavy (non-hydrogen) atoms. The van der Waals surface area contributed by atoms with Crippen molar-refractivity contribution in [1.29, 1.82) is 0 Å². The fraction of sp³-hybridized carbons (Fsp3) is 0.471. The van der Waals surface area contributed by atoms with Crippen LogP contribution in [0.5, 0.6) is 0 Å². The molecule has 1 aromatic carbocycles. The summed E-state index contributed by atoms with van der Waals surface area (Å²) in [5.41, 5.74) is 6.92. The molecule has 0 bridgehead atoms. The molecule has 0 radical (unpaired) electrons. The number of rotatable bonds is 4. The predicted molar refractivity (Wildman–Crippen MR) is 89.4 cm³/mol. The lowest BCUT2D eigenvalue weighted by Crippen LogP contribution is -2.33. The van der Waals surface area contributed by atoms with Gasteiger partial charge in [0.2, 0.25) is 0 Å². The van der Waals surface area contributed by atoms with E-state index in [1.54, 1.807) is 0 Å². The third-order valence-corrected chi connectivity index (χ3v) is 4.84. The van der Waals surface area contributed by atoms with E-state index in [2.05, 4.69) is 24.1 Å². The van der Waals surface area contributed by atoms with Crippen LogP contribution in [0.3, 0.4) is 0 Å². The number of nitrogens with one attached hydrogen (secondary N) is 1. The molecule has 1 fully saturated rings. The van der Waals surface area contributed by atoms with Crippen molar-refractivity contribution in [2.75, 3.05) is 12.3 Å². The molecule has 1 aliphatic carbocycles. The first kappa shape index (κ1) is 15.9. The number of benzene rings is 1. The Labute approximate surface area is 131 Å². The highest BCUT2D eigenvalue weighted by Crippen LogP contribution is 2.29. The van der Waals surface area contributed by atoms with Crippen LogP contribution in [0.1, 0.15) is 42.1 Å². The summed E-state index contributed by atoms with van der Waals surface area (Å²) in [4.78, 5) is 12.2. The molecular weight excluding hydrogens is 280 g/mol. The molecule has 1 aromatic rings. The summed E-state index contributed by atoms with van der Waals surface area (Å²) in [6.45, 7) is 2.53. The van der Waals surface area contributed by atoms with Crippen molar-refractivity contribution >= 4 is 17.7 Å². The zero-order valence-electron chi connectivity index (χ0n) is 12.4. The molecule has 3 N–H and O–H groups in total. The first-order valence-corrected chi connectivity index (χ1v) is 8.49. The number of hydrogen-bond acceptors (Lipinski definition) is 3. The minimum Gasteiger partial charge on any atom is -0.349 e. The molecule has 0 aromatic heterocycles. The average molecular weight is 302 g/mol. The number of carbonyl (C=O) groups is 1. The lowest BCUT2D eigenvalue weighted by Gasteiger charge is -2.13. The lowest BCUT2D eigenvalue weighted by molar-refractivity contribution is 0.0938. The molecule has 1 aliphatic rings. The van der Waals surface area contributed by atoms with Gasteiger partial charge in [0.15, 0.2) is 0 Å². The van der Waals surface area contributed by atoms with Crippen molar-refractivity contribution < 1.29 is 4.79 Å². The Morgan fingerprint density at radius 1 is 1.38 bits per heavy atom. The first-order chi connectivity index (χ1) is 10.2. The largest absolute Gasteiger partial charge is 0.349 e. The fourth-order valence-electron chi connectivity index (χ4n) is 2.59. The van der Waals surface area contributed by atoms with Crippen molar-refractivity contribution in [3.05, 3.63) is 35.4 Å². The van der Waals surface area contributed by atoms with Gasteiger partial charge in [-0.05, 0) is 49.3 Å². The highest BCUT2D eigenvalue weighted by Gasteiger charge is 2.25. The Balaban J connectivity index is 1.89. The van der Waals surface area contributed by atoms with E-state index in [9.17, 15) is 4.79 Å². The molecule has 0 spiro atoms. The topological polar surface area (TPSA) is 55.1 Å². The lowest BCUT2D eigenvalue weighted by atomic mass is 10.1. The van der Waals surface area contributed by atoms with Gasteiger partial charge in [-0.15, -0.1) is 0 Å². The van der Waals surface area contributed by atoms with Crippen LogP contribution in [0, 0.1) is 11.8 Å². The van der Waals surface area contributed by atoms with Gasteiger partial charge in [0.1, 0.15) is 0 Å². The number of carbonyl (C=O) groups excluding carboxylic acids is 1. The molecular formula is C17H22N2OS. The van der Waals surface area contributed by atoms with Gasteiger partial charge in [0.25, 0.3) is 5.91 Å². The van der Waals surface area contributed by atoms with Crippen LogP contribution >= 0.6 is 11.8 Å². The monoisotopic (exact) mass is 302 g/mol. The summed E-state index contributed by atoms with van der Waals surface area (Å²) >= 11 is 2.00. The molecule has 0 aliphatic heterocycles. The van der Waals surface area contributed by atoms with Crippen molar-refractivity contribution in [2.24, 2.45) is 5.73 Å². The van der Waals surface area contributed by atoms with Crippen LogP contribution in [-0.2, 0) is 0 Å². The van der Waals surface area contributed by atoms with Gasteiger partial charge in [0, 0.05) is 22.4 Å². The zero-order valence-corrected chi connectivity index (χ0v) is 13.2. The SMILES string of the molecule is CCSC1CCC(NC(=O)c2ccc(C#CCN)cc2)C1. The van der Waals surface area contributed by atoms with Gasteiger partial charge in [-0.25, -0.2) is 0 Å². The number of hydrogen-bond donors (Lipinski definition) is 2. The fourth-order valence-corrected chi connectivity index (χ4v) is 3.73. The molecule has 4 heteroatoms. The summed E-state index contributed by atoms with van der Waals surface area (Å²) in [5, 5.41) is 3.84. The minimum atomic E-state index is 0.0143. The summed E-state index contributed by atoms with van der Waals surface area (Å²) < 4.78 is 0. The first-order valence-electron chi connectivity index (χ1n) is 7.44. The maximum atomic E-state index is 12.2. The number of thioether (sulfide) groups is 1. The molecule has 2 unspecified atom stereocenters. The van der Waals surface area contributed by atoms with E-state index in [1.165, 1.54) is 6.42 Å². The molecule has 0 heterocycles. The quantitative estimate of drug-likeness (QED) is 0.840. The number of amides is 1. The van der Waals surface area contributed by atoms with Gasteiger partial charge < -0.3 is 11.1 Å². The second-order valence-electron chi connectivity index (χ2n) is 5.14. The Kier molecular flexibility index (Phi) is 6.16. The van der Waals surface area contributed by atoms with Crippen molar-refractivity contribution in [1.82, 2.24) is 5.32 Å². The van der Waals surface area contributed by atoms with E-state index in [4.69, 9.17) is 5.73 Å². The Bertz CT molecular complexity index is 530. The number of nitrogens with two attached hydrogens (primary N) is 1. The molecule has 3 nitrogen and oxygen atoms in total. The average Bonchev–Trinajstić information content (AvgIpc) is 2.93. The van der Waals surface area contributed by atoms with Gasteiger partial charge in [0.05, 0.1) is 6.54 Å². The van der Waals surface area contributed by atoms with Gasteiger partial charge in [-0.3, -0.25) is 4.79 Å². The third kappa shape index (κ3) is 4.80. The van der Waals surface area contributed by atoms with Crippen LogP contribution < -0.4 is 11.1 Å². The smallest absolute Gasteiger partial charge is 0.251 e. The highest BCUT2D eigenvalue weighted by molar-refractivity contribution is 7.99. The van der Waals surface area contributed by atoms with Crippen LogP contribution in [0.15, 0.2) is 24.3 Å². The second-order valence-corrected chi connectivity index (χ2v) is 6.72. The maximum absolute atomic E-state index is 12.2. The highest BCUT2D eigenvalue weighted by atomic mass is 32.2. The molecule has 0 saturated heterocycles. The third-order valence-electron chi connectivity index (χ3n) is 3.60. The van der Waals surface area contributed by atoms with Crippen LogP contribution in [0.25, 0.3) is 0 Å². The molecule has 112 valence electrons. The van der Waals surface area contributed by atoms with Crippen molar-refractivity contribution in [2.45, 2.75) is 37.5 Å². The van der Waals surface area contributed by atoms with E-state index in [1.807, 2.05) is 36.0 Å². The summed E-state index contributed by atoms with van der Waals surface area (Å²) in [6, 6.07) is 7.69. The van der Waals surface area contributed by atoms with Crippen molar-refractivity contribution in [3.63, 3.8) is 0 Å². The van der Waals surface area contributed by atoms with E-state index in [0.29, 0.717) is 23.4 Å². The second kappa shape index (κ2) is 8.11. The van der Waals surface area contributed by atoms with Crippen molar-refractivity contribution in [3.8, 4) is 11.8 Å². The van der Waals surface area contributed by atoms with Crippen LogP contribution in [-0.4, -0.2) is 29.5 Å². The van der Waals surface area contributed by atoms with Gasteiger partial charge in [-0.2, -0.15) is 11.8 Å². The molecule has 1 saturated carbocycles. The summed E-state index contributed by atoms with van der Waals surface area (Å²) in [5.74, 6) is 6.92.